The highest BCUT2D eigenvalue weighted by molar-refractivity contribution is 5.57. The molecule has 0 saturated carbocycles. The molecule has 2 aromatic rings. The van der Waals surface area contributed by atoms with Crippen LogP contribution in [0.3, 0.4) is 0 Å². The second-order valence-corrected chi connectivity index (χ2v) is 5.30. The first-order chi connectivity index (χ1) is 9.74. The fourth-order valence-corrected chi connectivity index (χ4v) is 2.76. The van der Waals surface area contributed by atoms with Crippen LogP contribution >= 0.6 is 0 Å². The van der Waals surface area contributed by atoms with Gasteiger partial charge >= 0.3 is 0 Å². The van der Waals surface area contributed by atoms with Gasteiger partial charge in [-0.25, -0.2) is 4.39 Å². The molecule has 1 aliphatic rings. The van der Waals surface area contributed by atoms with Gasteiger partial charge in [0.15, 0.2) is 0 Å². The van der Waals surface area contributed by atoms with Crippen LogP contribution in [-0.2, 0) is 12.8 Å². The highest BCUT2D eigenvalue weighted by atomic mass is 19.1. The normalized spacial score (nSPS) is 17.2. The zero-order valence-electron chi connectivity index (χ0n) is 11.5. The molecule has 1 aliphatic heterocycles. The monoisotopic (exact) mass is 271 g/mol. The maximum absolute atomic E-state index is 12.9. The molecular formula is C17H18FNO. The standard InChI is InChI=1S/C17H18FNO/c1-20-16-7-4-14-9-13(11-19-17(14)10-16)8-12-2-5-15(18)6-3-12/h2-7,10,13,19H,8-9,11H2,1H3. The van der Waals surface area contributed by atoms with Crippen molar-refractivity contribution in [1.29, 1.82) is 0 Å². The number of nitrogens with one attached hydrogen (secondary N) is 1. The Labute approximate surface area is 118 Å². The van der Waals surface area contributed by atoms with E-state index in [1.54, 1.807) is 7.11 Å². The Morgan fingerprint density at radius 3 is 2.75 bits per heavy atom. The Kier molecular flexibility index (Phi) is 3.59. The molecular weight excluding hydrogens is 253 g/mol. The smallest absolute Gasteiger partial charge is 0.123 e. The number of hydrogen-bond donors (Lipinski definition) is 1. The largest absolute Gasteiger partial charge is 0.497 e. The van der Waals surface area contributed by atoms with E-state index in [1.807, 2.05) is 24.3 Å². The van der Waals surface area contributed by atoms with E-state index < -0.39 is 0 Å². The van der Waals surface area contributed by atoms with Gasteiger partial charge in [0.1, 0.15) is 11.6 Å². The molecule has 0 radical (unpaired) electrons. The summed E-state index contributed by atoms with van der Waals surface area (Å²) >= 11 is 0. The second kappa shape index (κ2) is 5.53. The molecule has 0 fully saturated rings. The molecule has 20 heavy (non-hydrogen) atoms. The summed E-state index contributed by atoms with van der Waals surface area (Å²) in [7, 11) is 1.68. The van der Waals surface area contributed by atoms with Crippen LogP contribution in [0.2, 0.25) is 0 Å². The lowest BCUT2D eigenvalue weighted by Gasteiger charge is -2.26. The topological polar surface area (TPSA) is 21.3 Å². The van der Waals surface area contributed by atoms with Crippen LogP contribution < -0.4 is 10.1 Å². The van der Waals surface area contributed by atoms with E-state index in [-0.39, 0.29) is 5.82 Å². The highest BCUT2D eigenvalue weighted by Crippen LogP contribution is 2.29. The van der Waals surface area contributed by atoms with Gasteiger partial charge < -0.3 is 10.1 Å². The molecule has 104 valence electrons. The molecule has 0 amide bonds. The first-order valence-corrected chi connectivity index (χ1v) is 6.90. The van der Waals surface area contributed by atoms with E-state index >= 15 is 0 Å². The minimum absolute atomic E-state index is 0.173. The van der Waals surface area contributed by atoms with Crippen LogP contribution in [0.25, 0.3) is 0 Å². The number of benzene rings is 2. The lowest BCUT2D eigenvalue weighted by molar-refractivity contribution is 0.414. The first-order valence-electron chi connectivity index (χ1n) is 6.90. The SMILES string of the molecule is COc1ccc2c(c1)NCC(Cc1ccc(F)cc1)C2. The molecule has 1 N–H and O–H groups in total. The van der Waals surface area contributed by atoms with E-state index in [2.05, 4.69) is 11.4 Å². The summed E-state index contributed by atoms with van der Waals surface area (Å²) in [6.45, 7) is 0.942. The van der Waals surface area contributed by atoms with Crippen molar-refractivity contribution in [2.45, 2.75) is 12.8 Å². The molecule has 3 rings (SSSR count). The van der Waals surface area contributed by atoms with Crippen molar-refractivity contribution in [2.75, 3.05) is 19.0 Å². The maximum atomic E-state index is 12.9. The predicted molar refractivity (Wildman–Crippen MR) is 78.8 cm³/mol. The number of fused-ring (bicyclic) bond motifs is 1. The van der Waals surface area contributed by atoms with E-state index in [0.717, 1.165) is 25.1 Å². The Balaban J connectivity index is 1.70. The van der Waals surface area contributed by atoms with Gasteiger partial charge in [0, 0.05) is 18.3 Å². The van der Waals surface area contributed by atoms with Crippen molar-refractivity contribution in [1.82, 2.24) is 0 Å². The van der Waals surface area contributed by atoms with Crippen LogP contribution in [-0.4, -0.2) is 13.7 Å². The summed E-state index contributed by atoms with van der Waals surface area (Å²) in [5, 5.41) is 3.46. The molecule has 0 aliphatic carbocycles. The van der Waals surface area contributed by atoms with E-state index in [4.69, 9.17) is 4.74 Å². The molecule has 0 saturated heterocycles. The minimum atomic E-state index is -0.173. The number of hydrogen-bond acceptors (Lipinski definition) is 2. The summed E-state index contributed by atoms with van der Waals surface area (Å²) in [5.74, 6) is 1.25. The van der Waals surface area contributed by atoms with Crippen molar-refractivity contribution in [3.8, 4) is 5.75 Å². The Hall–Kier alpha value is -2.03. The van der Waals surface area contributed by atoms with Gasteiger partial charge in [-0.15, -0.1) is 0 Å². The number of halogens is 1. The van der Waals surface area contributed by atoms with Gasteiger partial charge in [-0.05, 0) is 48.1 Å². The minimum Gasteiger partial charge on any atom is -0.497 e. The van der Waals surface area contributed by atoms with Gasteiger partial charge in [0.25, 0.3) is 0 Å². The Morgan fingerprint density at radius 2 is 2.00 bits per heavy atom. The maximum Gasteiger partial charge on any atom is 0.123 e. The van der Waals surface area contributed by atoms with E-state index in [9.17, 15) is 4.39 Å². The predicted octanol–water partition coefficient (Wildman–Crippen LogP) is 3.66. The van der Waals surface area contributed by atoms with Crippen molar-refractivity contribution < 1.29 is 9.13 Å². The molecule has 0 aromatic heterocycles. The lowest BCUT2D eigenvalue weighted by atomic mass is 9.89. The van der Waals surface area contributed by atoms with Gasteiger partial charge in [-0.2, -0.15) is 0 Å². The molecule has 0 bridgehead atoms. The van der Waals surface area contributed by atoms with Crippen LogP contribution in [0, 0.1) is 11.7 Å². The van der Waals surface area contributed by atoms with Crippen molar-refractivity contribution in [2.24, 2.45) is 5.92 Å². The third-order valence-corrected chi connectivity index (χ3v) is 3.84. The summed E-state index contributed by atoms with van der Waals surface area (Å²) in [6.07, 6.45) is 2.02. The zero-order valence-corrected chi connectivity index (χ0v) is 11.5. The highest BCUT2D eigenvalue weighted by Gasteiger charge is 2.18. The summed E-state index contributed by atoms with van der Waals surface area (Å²) in [4.78, 5) is 0. The van der Waals surface area contributed by atoms with Crippen LogP contribution in [0.1, 0.15) is 11.1 Å². The number of rotatable bonds is 3. The zero-order chi connectivity index (χ0) is 13.9. The second-order valence-electron chi connectivity index (χ2n) is 5.30. The third kappa shape index (κ3) is 2.77. The summed E-state index contributed by atoms with van der Waals surface area (Å²) < 4.78 is 18.1. The molecule has 1 atom stereocenters. The molecule has 1 heterocycles. The Bertz CT molecular complexity index is 594. The number of methoxy groups -OCH3 is 1. The first kappa shape index (κ1) is 13.0. The van der Waals surface area contributed by atoms with Crippen molar-refractivity contribution in [3.05, 3.63) is 59.4 Å². The third-order valence-electron chi connectivity index (χ3n) is 3.84. The Morgan fingerprint density at radius 1 is 1.20 bits per heavy atom. The molecule has 1 unspecified atom stereocenters. The van der Waals surface area contributed by atoms with E-state index in [1.165, 1.54) is 28.9 Å². The lowest BCUT2D eigenvalue weighted by Crippen LogP contribution is -2.24. The fraction of sp³-hybridized carbons (Fsp3) is 0.294. The van der Waals surface area contributed by atoms with Gasteiger partial charge in [-0.1, -0.05) is 18.2 Å². The summed E-state index contributed by atoms with van der Waals surface area (Å²) in [5.41, 5.74) is 3.68. The van der Waals surface area contributed by atoms with E-state index in [0.29, 0.717) is 5.92 Å². The molecule has 2 nitrogen and oxygen atoms in total. The van der Waals surface area contributed by atoms with Gasteiger partial charge in [0.2, 0.25) is 0 Å². The van der Waals surface area contributed by atoms with Crippen LogP contribution in [0.4, 0.5) is 10.1 Å². The average Bonchev–Trinajstić information content (AvgIpc) is 2.49. The quantitative estimate of drug-likeness (QED) is 0.920. The van der Waals surface area contributed by atoms with Gasteiger partial charge in [0.05, 0.1) is 7.11 Å². The molecule has 2 aromatic carbocycles. The number of anilines is 1. The fourth-order valence-electron chi connectivity index (χ4n) is 2.76. The average molecular weight is 271 g/mol. The van der Waals surface area contributed by atoms with Crippen molar-refractivity contribution in [3.63, 3.8) is 0 Å². The molecule has 3 heteroatoms. The van der Waals surface area contributed by atoms with Crippen molar-refractivity contribution >= 4 is 5.69 Å². The molecule has 0 spiro atoms. The van der Waals surface area contributed by atoms with Crippen LogP contribution in [0.5, 0.6) is 5.75 Å². The van der Waals surface area contributed by atoms with Crippen LogP contribution in [0.15, 0.2) is 42.5 Å². The van der Waals surface area contributed by atoms with Gasteiger partial charge in [-0.3, -0.25) is 0 Å². The summed E-state index contributed by atoms with van der Waals surface area (Å²) in [6, 6.07) is 13.0. The number of ether oxygens (including phenoxy) is 1.